The van der Waals surface area contributed by atoms with Crippen LogP contribution in [0.4, 0.5) is 0 Å². The van der Waals surface area contributed by atoms with Crippen molar-refractivity contribution in [2.45, 2.75) is 33.2 Å². The fourth-order valence-electron chi connectivity index (χ4n) is 3.53. The molecule has 1 atom stereocenters. The van der Waals surface area contributed by atoms with E-state index in [-0.39, 0.29) is 5.91 Å². The monoisotopic (exact) mass is 338 g/mol. The first-order valence-electron chi connectivity index (χ1n) is 8.95. The summed E-state index contributed by atoms with van der Waals surface area (Å²) in [6, 6.07) is 6.49. The molecule has 3 rings (SSSR count). The lowest BCUT2D eigenvalue weighted by molar-refractivity contribution is 0.0925. The Kier molecular flexibility index (Phi) is 5.76. The Balaban J connectivity index is 1.54. The third kappa shape index (κ3) is 4.63. The summed E-state index contributed by atoms with van der Waals surface area (Å²) in [4.78, 5) is 22.6. The number of aryl methyl sites for hydroxylation is 2. The van der Waals surface area contributed by atoms with Gasteiger partial charge in [0, 0.05) is 32.0 Å². The molecular weight excluding hydrogens is 312 g/mol. The molecule has 2 heterocycles. The number of rotatable bonds is 5. The van der Waals surface area contributed by atoms with E-state index in [1.54, 1.807) is 12.4 Å². The first-order chi connectivity index (χ1) is 12.1. The topological polar surface area (TPSA) is 58.1 Å². The molecule has 0 aliphatic carbocycles. The van der Waals surface area contributed by atoms with Crippen LogP contribution in [0.1, 0.15) is 40.0 Å². The second-order valence-electron chi connectivity index (χ2n) is 6.91. The van der Waals surface area contributed by atoms with Gasteiger partial charge in [-0.25, -0.2) is 4.98 Å². The fraction of sp³-hybridized carbons (Fsp3) is 0.450. The van der Waals surface area contributed by atoms with Crippen LogP contribution in [-0.4, -0.2) is 40.4 Å². The van der Waals surface area contributed by atoms with Crippen LogP contribution >= 0.6 is 0 Å². The Hall–Kier alpha value is -2.27. The van der Waals surface area contributed by atoms with Crippen molar-refractivity contribution in [3.05, 3.63) is 59.2 Å². The molecule has 1 N–H and O–H groups in total. The molecule has 0 radical (unpaired) electrons. The molecule has 1 amide bonds. The zero-order valence-corrected chi connectivity index (χ0v) is 15.0. The Morgan fingerprint density at radius 3 is 2.80 bits per heavy atom. The molecule has 1 aromatic carbocycles. The highest BCUT2D eigenvalue weighted by atomic mass is 16.1. The summed E-state index contributed by atoms with van der Waals surface area (Å²) in [6.07, 6.45) is 6.95. The van der Waals surface area contributed by atoms with Gasteiger partial charge in [0.2, 0.25) is 0 Å². The highest BCUT2D eigenvalue weighted by molar-refractivity contribution is 5.91. The molecule has 5 nitrogen and oxygen atoms in total. The number of carbonyl (C=O) groups excluding carboxylic acids is 1. The van der Waals surface area contributed by atoms with Crippen molar-refractivity contribution in [3.63, 3.8) is 0 Å². The molecule has 5 heteroatoms. The van der Waals surface area contributed by atoms with Gasteiger partial charge in [0.1, 0.15) is 5.69 Å². The summed E-state index contributed by atoms with van der Waals surface area (Å²) < 4.78 is 0. The number of benzene rings is 1. The normalized spacial score (nSPS) is 18.1. The molecule has 0 bridgehead atoms. The summed E-state index contributed by atoms with van der Waals surface area (Å²) in [5.41, 5.74) is 4.54. The van der Waals surface area contributed by atoms with Crippen LogP contribution in [-0.2, 0) is 6.54 Å². The predicted molar refractivity (Wildman–Crippen MR) is 98.3 cm³/mol. The van der Waals surface area contributed by atoms with Crippen LogP contribution in [0.2, 0.25) is 0 Å². The Labute approximate surface area is 149 Å². The lowest BCUT2D eigenvalue weighted by atomic mass is 9.96. The summed E-state index contributed by atoms with van der Waals surface area (Å²) in [5.74, 6) is 0.346. The number of aromatic nitrogens is 2. The highest BCUT2D eigenvalue weighted by Gasteiger charge is 2.21. The van der Waals surface area contributed by atoms with E-state index in [1.165, 1.54) is 29.3 Å². The number of amides is 1. The summed E-state index contributed by atoms with van der Waals surface area (Å²) in [5, 5.41) is 3.01. The first kappa shape index (κ1) is 17.5. The molecule has 2 aromatic rings. The summed E-state index contributed by atoms with van der Waals surface area (Å²) >= 11 is 0. The number of carbonyl (C=O) groups is 1. The van der Waals surface area contributed by atoms with Crippen molar-refractivity contribution in [1.29, 1.82) is 0 Å². The minimum Gasteiger partial charge on any atom is -0.350 e. The van der Waals surface area contributed by atoms with Gasteiger partial charge in [0.15, 0.2) is 0 Å². The number of hydrogen-bond acceptors (Lipinski definition) is 4. The zero-order chi connectivity index (χ0) is 17.6. The third-order valence-corrected chi connectivity index (χ3v) is 4.98. The SMILES string of the molecule is Cc1cccc(C)c1CN1CCCC(CNC(=O)c2cnccn2)C1. The van der Waals surface area contributed by atoms with Crippen molar-refractivity contribution < 1.29 is 4.79 Å². The van der Waals surface area contributed by atoms with E-state index >= 15 is 0 Å². The first-order valence-corrected chi connectivity index (χ1v) is 8.95. The summed E-state index contributed by atoms with van der Waals surface area (Å²) in [7, 11) is 0. The minimum absolute atomic E-state index is 0.139. The molecule has 1 fully saturated rings. The number of likely N-dealkylation sites (tertiary alicyclic amines) is 1. The van der Waals surface area contributed by atoms with Gasteiger partial charge in [0.25, 0.3) is 5.91 Å². The van der Waals surface area contributed by atoms with Gasteiger partial charge in [-0.05, 0) is 55.8 Å². The predicted octanol–water partition coefficient (Wildman–Crippen LogP) is 2.74. The molecule has 0 spiro atoms. The smallest absolute Gasteiger partial charge is 0.271 e. The van der Waals surface area contributed by atoms with Crippen LogP contribution < -0.4 is 5.32 Å². The average molecular weight is 338 g/mol. The van der Waals surface area contributed by atoms with Crippen LogP contribution in [0.5, 0.6) is 0 Å². The standard InChI is InChI=1S/C20H26N4O/c1-15-5-3-6-16(2)18(15)14-24-10-4-7-17(13-24)11-23-20(25)19-12-21-8-9-22-19/h3,5-6,8-9,12,17H,4,7,10-11,13-14H2,1-2H3,(H,23,25). The van der Waals surface area contributed by atoms with E-state index in [0.717, 1.165) is 26.1 Å². The number of nitrogens with one attached hydrogen (secondary N) is 1. The maximum absolute atomic E-state index is 12.1. The zero-order valence-electron chi connectivity index (χ0n) is 15.0. The molecule has 132 valence electrons. The van der Waals surface area contributed by atoms with E-state index < -0.39 is 0 Å². The second kappa shape index (κ2) is 8.21. The van der Waals surface area contributed by atoms with E-state index in [2.05, 4.69) is 52.2 Å². The van der Waals surface area contributed by atoms with E-state index in [4.69, 9.17) is 0 Å². The average Bonchev–Trinajstić information content (AvgIpc) is 2.64. The molecule has 1 aliphatic heterocycles. The number of hydrogen-bond donors (Lipinski definition) is 1. The molecular formula is C20H26N4O. The van der Waals surface area contributed by atoms with Gasteiger partial charge in [-0.3, -0.25) is 14.7 Å². The third-order valence-electron chi connectivity index (χ3n) is 4.98. The van der Waals surface area contributed by atoms with Crippen LogP contribution in [0, 0.1) is 19.8 Å². The quantitative estimate of drug-likeness (QED) is 0.911. The molecule has 1 aromatic heterocycles. The van der Waals surface area contributed by atoms with Gasteiger partial charge in [0.05, 0.1) is 6.20 Å². The van der Waals surface area contributed by atoms with Crippen molar-refractivity contribution in [3.8, 4) is 0 Å². The largest absolute Gasteiger partial charge is 0.350 e. The van der Waals surface area contributed by atoms with Crippen molar-refractivity contribution in [2.24, 2.45) is 5.92 Å². The minimum atomic E-state index is -0.139. The van der Waals surface area contributed by atoms with E-state index in [9.17, 15) is 4.79 Å². The van der Waals surface area contributed by atoms with Gasteiger partial charge in [-0.15, -0.1) is 0 Å². The van der Waals surface area contributed by atoms with Crippen molar-refractivity contribution in [2.75, 3.05) is 19.6 Å². The molecule has 25 heavy (non-hydrogen) atoms. The van der Waals surface area contributed by atoms with Gasteiger partial charge in [-0.2, -0.15) is 0 Å². The van der Waals surface area contributed by atoms with Gasteiger partial charge >= 0.3 is 0 Å². The van der Waals surface area contributed by atoms with Gasteiger partial charge < -0.3 is 5.32 Å². The van der Waals surface area contributed by atoms with Crippen molar-refractivity contribution >= 4 is 5.91 Å². The second-order valence-corrected chi connectivity index (χ2v) is 6.91. The molecule has 1 unspecified atom stereocenters. The maximum Gasteiger partial charge on any atom is 0.271 e. The van der Waals surface area contributed by atoms with Crippen LogP contribution in [0.15, 0.2) is 36.8 Å². The fourth-order valence-corrected chi connectivity index (χ4v) is 3.53. The summed E-state index contributed by atoms with van der Waals surface area (Å²) in [6.45, 7) is 8.21. The van der Waals surface area contributed by atoms with Gasteiger partial charge in [-0.1, -0.05) is 18.2 Å². The molecule has 1 saturated heterocycles. The van der Waals surface area contributed by atoms with E-state index in [1.807, 2.05) is 0 Å². The molecule has 0 saturated carbocycles. The lowest BCUT2D eigenvalue weighted by Gasteiger charge is -2.33. The van der Waals surface area contributed by atoms with Crippen LogP contribution in [0.3, 0.4) is 0 Å². The number of nitrogens with zero attached hydrogens (tertiary/aromatic N) is 3. The Bertz CT molecular complexity index is 697. The Morgan fingerprint density at radius 1 is 1.28 bits per heavy atom. The number of piperidine rings is 1. The molecule has 1 aliphatic rings. The van der Waals surface area contributed by atoms with Crippen LogP contribution in [0.25, 0.3) is 0 Å². The van der Waals surface area contributed by atoms with E-state index in [0.29, 0.717) is 18.2 Å². The van der Waals surface area contributed by atoms with Crippen molar-refractivity contribution in [1.82, 2.24) is 20.2 Å². The maximum atomic E-state index is 12.1. The highest BCUT2D eigenvalue weighted by Crippen LogP contribution is 2.21. The lowest BCUT2D eigenvalue weighted by Crippen LogP contribution is -2.40. The Morgan fingerprint density at radius 2 is 2.08 bits per heavy atom.